The molecule has 0 heterocycles. The molecule has 0 aliphatic rings. The Morgan fingerprint density at radius 1 is 1.14 bits per heavy atom. The lowest BCUT2D eigenvalue weighted by Crippen LogP contribution is -2.04. The highest BCUT2D eigenvalue weighted by Gasteiger charge is 2.07. The Balaban J connectivity index is 2.15. The van der Waals surface area contributed by atoms with Crippen molar-refractivity contribution in [3.05, 3.63) is 58.6 Å². The second-order valence-corrected chi connectivity index (χ2v) is 5.23. The average Bonchev–Trinajstić information content (AvgIpc) is 2.51. The maximum absolute atomic E-state index is 11.4. The van der Waals surface area contributed by atoms with Crippen molar-refractivity contribution in [1.29, 1.82) is 0 Å². The summed E-state index contributed by atoms with van der Waals surface area (Å²) >= 11 is 6.13. The molecule has 0 spiro atoms. The highest BCUT2D eigenvalue weighted by Crippen LogP contribution is 2.27. The molecule has 5 heteroatoms. The molecule has 22 heavy (non-hydrogen) atoms. The molecule has 0 radical (unpaired) electrons. The summed E-state index contributed by atoms with van der Waals surface area (Å²) in [7, 11) is 1.36. The number of anilines is 2. The molecule has 0 unspecified atom stereocenters. The van der Waals surface area contributed by atoms with Crippen LogP contribution in [0.2, 0.25) is 5.02 Å². The van der Waals surface area contributed by atoms with Crippen LogP contribution in [-0.2, 0) is 16.0 Å². The summed E-state index contributed by atoms with van der Waals surface area (Å²) in [6.07, 6.45) is 0.233. The number of Topliss-reactive ketones (excluding diaryl/α,β-unsaturated/α-hetero) is 1. The summed E-state index contributed by atoms with van der Waals surface area (Å²) < 4.78 is 4.63. The highest BCUT2D eigenvalue weighted by molar-refractivity contribution is 6.33. The third-order valence-electron chi connectivity index (χ3n) is 3.18. The minimum absolute atomic E-state index is 0.0202. The van der Waals surface area contributed by atoms with E-state index in [4.69, 9.17) is 11.6 Å². The molecule has 0 saturated heterocycles. The molecule has 0 bridgehead atoms. The van der Waals surface area contributed by atoms with Gasteiger partial charge in [0.2, 0.25) is 0 Å². The Morgan fingerprint density at radius 3 is 2.41 bits per heavy atom. The first-order valence-electron chi connectivity index (χ1n) is 6.73. The lowest BCUT2D eigenvalue weighted by molar-refractivity contribution is -0.139. The number of nitrogens with one attached hydrogen (secondary N) is 1. The Hall–Kier alpha value is -2.33. The Bertz CT molecular complexity index is 696. The smallest absolute Gasteiger partial charge is 0.309 e. The van der Waals surface area contributed by atoms with E-state index >= 15 is 0 Å². The molecule has 2 rings (SSSR count). The van der Waals surface area contributed by atoms with Crippen molar-refractivity contribution in [2.75, 3.05) is 12.4 Å². The van der Waals surface area contributed by atoms with Gasteiger partial charge in [-0.25, -0.2) is 0 Å². The second kappa shape index (κ2) is 7.09. The van der Waals surface area contributed by atoms with Crippen molar-refractivity contribution in [2.45, 2.75) is 13.3 Å². The second-order valence-electron chi connectivity index (χ2n) is 4.83. The van der Waals surface area contributed by atoms with Gasteiger partial charge < -0.3 is 10.1 Å². The fraction of sp³-hybridized carbons (Fsp3) is 0.176. The van der Waals surface area contributed by atoms with E-state index in [1.165, 1.54) is 14.0 Å². The van der Waals surface area contributed by atoms with Crippen molar-refractivity contribution in [2.24, 2.45) is 0 Å². The number of ether oxygens (including phenoxy) is 1. The summed E-state index contributed by atoms with van der Waals surface area (Å²) in [6, 6.07) is 12.4. The van der Waals surface area contributed by atoms with Crippen molar-refractivity contribution >= 4 is 34.7 Å². The molecule has 1 N–H and O–H groups in total. The van der Waals surface area contributed by atoms with Crippen LogP contribution in [0.15, 0.2) is 42.5 Å². The molecule has 0 aromatic heterocycles. The van der Waals surface area contributed by atoms with Crippen LogP contribution in [0.3, 0.4) is 0 Å². The molecule has 4 nitrogen and oxygen atoms in total. The summed E-state index contributed by atoms with van der Waals surface area (Å²) in [5, 5.41) is 3.69. The predicted molar refractivity (Wildman–Crippen MR) is 86.9 cm³/mol. The number of hydrogen-bond donors (Lipinski definition) is 1. The Morgan fingerprint density at radius 2 is 1.82 bits per heavy atom. The number of carbonyl (C=O) groups excluding carboxylic acids is 2. The van der Waals surface area contributed by atoms with Crippen molar-refractivity contribution in [1.82, 2.24) is 0 Å². The van der Waals surface area contributed by atoms with Crippen molar-refractivity contribution < 1.29 is 14.3 Å². The molecule has 114 valence electrons. The normalized spacial score (nSPS) is 10.1. The van der Waals surface area contributed by atoms with Crippen molar-refractivity contribution in [3.63, 3.8) is 0 Å². The number of hydrogen-bond acceptors (Lipinski definition) is 4. The first kappa shape index (κ1) is 16.0. The van der Waals surface area contributed by atoms with Gasteiger partial charge in [-0.15, -0.1) is 0 Å². The van der Waals surface area contributed by atoms with E-state index in [1.807, 2.05) is 24.3 Å². The molecule has 0 saturated carbocycles. The van der Waals surface area contributed by atoms with Gasteiger partial charge in [0.15, 0.2) is 5.78 Å². The van der Waals surface area contributed by atoms with E-state index in [0.717, 1.165) is 11.3 Å². The monoisotopic (exact) mass is 317 g/mol. The van der Waals surface area contributed by atoms with Crippen LogP contribution >= 0.6 is 11.6 Å². The Labute approximate surface area is 134 Å². The van der Waals surface area contributed by atoms with Gasteiger partial charge in [0.25, 0.3) is 0 Å². The van der Waals surface area contributed by atoms with E-state index in [2.05, 4.69) is 10.1 Å². The van der Waals surface area contributed by atoms with Gasteiger partial charge in [-0.3, -0.25) is 9.59 Å². The molecule has 0 amide bonds. The van der Waals surface area contributed by atoms with Crippen LogP contribution in [0.5, 0.6) is 0 Å². The predicted octanol–water partition coefficient (Wildman–Crippen LogP) is 4.00. The zero-order valence-electron chi connectivity index (χ0n) is 12.4. The molecular formula is C17H16ClNO3. The number of methoxy groups -OCH3 is 1. The molecule has 2 aromatic rings. The minimum atomic E-state index is -0.280. The van der Waals surface area contributed by atoms with E-state index < -0.39 is 0 Å². The largest absolute Gasteiger partial charge is 0.469 e. The SMILES string of the molecule is COC(=O)Cc1ccc(Nc2cc(C(C)=O)ccc2Cl)cc1. The van der Waals surface area contributed by atoms with Crippen molar-refractivity contribution in [3.8, 4) is 0 Å². The van der Waals surface area contributed by atoms with Gasteiger partial charge in [-0.1, -0.05) is 23.7 Å². The quantitative estimate of drug-likeness (QED) is 0.669. The molecule has 0 fully saturated rings. The highest BCUT2D eigenvalue weighted by atomic mass is 35.5. The summed E-state index contributed by atoms with van der Waals surface area (Å²) in [5.74, 6) is -0.300. The number of rotatable bonds is 5. The minimum Gasteiger partial charge on any atom is -0.469 e. The molecule has 0 aliphatic carbocycles. The average molecular weight is 318 g/mol. The standard InChI is InChI=1S/C17H16ClNO3/c1-11(20)13-5-8-15(18)16(10-13)19-14-6-3-12(4-7-14)9-17(21)22-2/h3-8,10,19H,9H2,1-2H3. The van der Waals surface area contributed by atoms with E-state index in [1.54, 1.807) is 18.2 Å². The van der Waals surface area contributed by atoms with Gasteiger partial charge in [0.1, 0.15) is 0 Å². The summed E-state index contributed by atoms with van der Waals surface area (Å²) in [4.78, 5) is 22.6. The molecule has 2 aromatic carbocycles. The first-order chi connectivity index (χ1) is 10.5. The number of benzene rings is 2. The number of esters is 1. The zero-order valence-corrected chi connectivity index (χ0v) is 13.1. The molecule has 0 atom stereocenters. The van der Waals surface area contributed by atoms with Crippen LogP contribution in [0.25, 0.3) is 0 Å². The van der Waals surface area contributed by atoms with E-state index in [9.17, 15) is 9.59 Å². The molecule has 0 aliphatic heterocycles. The lowest BCUT2D eigenvalue weighted by atomic mass is 10.1. The van der Waals surface area contributed by atoms with Gasteiger partial charge in [0, 0.05) is 11.3 Å². The number of carbonyl (C=O) groups is 2. The van der Waals surface area contributed by atoms with Crippen LogP contribution in [0, 0.1) is 0 Å². The third kappa shape index (κ3) is 4.09. The summed E-state index contributed by atoms with van der Waals surface area (Å²) in [6.45, 7) is 1.51. The number of ketones is 1. The lowest BCUT2D eigenvalue weighted by Gasteiger charge is -2.10. The fourth-order valence-electron chi connectivity index (χ4n) is 1.94. The summed E-state index contributed by atoms with van der Waals surface area (Å²) in [5.41, 5.74) is 2.93. The maximum Gasteiger partial charge on any atom is 0.309 e. The first-order valence-corrected chi connectivity index (χ1v) is 7.10. The van der Waals surface area contributed by atoms with Gasteiger partial charge in [0.05, 0.1) is 24.2 Å². The topological polar surface area (TPSA) is 55.4 Å². The van der Waals surface area contributed by atoms with Crippen LogP contribution < -0.4 is 5.32 Å². The van der Waals surface area contributed by atoms with Gasteiger partial charge in [-0.05, 0) is 42.8 Å². The van der Waals surface area contributed by atoms with Gasteiger partial charge >= 0.3 is 5.97 Å². The number of halogens is 1. The van der Waals surface area contributed by atoms with Crippen LogP contribution in [0.1, 0.15) is 22.8 Å². The van der Waals surface area contributed by atoms with E-state index in [0.29, 0.717) is 16.3 Å². The van der Waals surface area contributed by atoms with Crippen LogP contribution in [-0.4, -0.2) is 18.9 Å². The van der Waals surface area contributed by atoms with E-state index in [-0.39, 0.29) is 18.2 Å². The van der Waals surface area contributed by atoms with Gasteiger partial charge in [-0.2, -0.15) is 0 Å². The Kier molecular flexibility index (Phi) is 5.17. The zero-order chi connectivity index (χ0) is 16.1. The van der Waals surface area contributed by atoms with Crippen LogP contribution in [0.4, 0.5) is 11.4 Å². The molecular weight excluding hydrogens is 302 g/mol. The maximum atomic E-state index is 11.4. The fourth-order valence-corrected chi connectivity index (χ4v) is 2.11. The third-order valence-corrected chi connectivity index (χ3v) is 3.51.